The Balaban J connectivity index is 1.55. The summed E-state index contributed by atoms with van der Waals surface area (Å²) >= 11 is 6.44. The van der Waals surface area contributed by atoms with E-state index in [1.165, 1.54) is 4.90 Å². The average Bonchev–Trinajstić information content (AvgIpc) is 3.34. The summed E-state index contributed by atoms with van der Waals surface area (Å²) in [5, 5.41) is 2.86. The maximum absolute atomic E-state index is 12.7. The molecule has 2 aliphatic rings. The van der Waals surface area contributed by atoms with Crippen LogP contribution in [-0.2, 0) is 14.6 Å². The van der Waals surface area contributed by atoms with E-state index in [1.54, 1.807) is 42.5 Å². The molecule has 10 heteroatoms. The summed E-state index contributed by atoms with van der Waals surface area (Å²) in [6, 6.07) is 9.71. The molecular formula is C18H14N2O5S3. The molecule has 144 valence electrons. The molecule has 2 aliphatic heterocycles. The first-order valence-corrected chi connectivity index (χ1v) is 11.4. The fourth-order valence-corrected chi connectivity index (χ4v) is 6.26. The molecule has 1 unspecified atom stereocenters. The summed E-state index contributed by atoms with van der Waals surface area (Å²) < 4.78 is 29.6. The second-order valence-corrected chi connectivity index (χ2v) is 10.4. The molecule has 0 bridgehead atoms. The third-order valence-corrected chi connectivity index (χ3v) is 7.64. The van der Waals surface area contributed by atoms with Crippen molar-refractivity contribution in [2.24, 2.45) is 5.18 Å². The van der Waals surface area contributed by atoms with Gasteiger partial charge in [-0.3, -0.25) is 9.69 Å². The first-order chi connectivity index (χ1) is 13.4. The van der Waals surface area contributed by atoms with Crippen LogP contribution in [0.4, 0.5) is 5.69 Å². The van der Waals surface area contributed by atoms with Crippen LogP contribution >= 0.6 is 24.0 Å². The van der Waals surface area contributed by atoms with Gasteiger partial charge in [0.1, 0.15) is 21.5 Å². The Morgan fingerprint density at radius 1 is 1.21 bits per heavy atom. The molecule has 0 saturated carbocycles. The van der Waals surface area contributed by atoms with Crippen LogP contribution in [0.15, 0.2) is 50.9 Å². The zero-order chi connectivity index (χ0) is 19.9. The van der Waals surface area contributed by atoms with E-state index in [4.69, 9.17) is 16.6 Å². The quantitative estimate of drug-likeness (QED) is 0.411. The minimum atomic E-state index is -3.12. The van der Waals surface area contributed by atoms with Gasteiger partial charge in [0.2, 0.25) is 0 Å². The lowest BCUT2D eigenvalue weighted by molar-refractivity contribution is -0.123. The number of hydrogen-bond acceptors (Lipinski definition) is 8. The van der Waals surface area contributed by atoms with E-state index in [0.29, 0.717) is 32.9 Å². The molecule has 1 amide bonds. The summed E-state index contributed by atoms with van der Waals surface area (Å²) in [4.78, 5) is 25.0. The molecule has 3 heterocycles. The first-order valence-electron chi connectivity index (χ1n) is 8.37. The molecule has 0 aliphatic carbocycles. The van der Waals surface area contributed by atoms with Crippen molar-refractivity contribution in [1.82, 2.24) is 4.90 Å². The van der Waals surface area contributed by atoms with E-state index in [-0.39, 0.29) is 17.4 Å². The lowest BCUT2D eigenvalue weighted by Gasteiger charge is -2.20. The number of amides is 1. The number of thioether (sulfide) groups is 1. The highest BCUT2D eigenvalue weighted by Crippen LogP contribution is 2.37. The van der Waals surface area contributed by atoms with Gasteiger partial charge < -0.3 is 4.42 Å². The van der Waals surface area contributed by atoms with Gasteiger partial charge >= 0.3 is 0 Å². The molecule has 28 heavy (non-hydrogen) atoms. The summed E-state index contributed by atoms with van der Waals surface area (Å²) in [5.74, 6) is 0.793. The molecular weight excluding hydrogens is 420 g/mol. The van der Waals surface area contributed by atoms with Gasteiger partial charge in [0, 0.05) is 11.6 Å². The van der Waals surface area contributed by atoms with Crippen LogP contribution in [-0.4, -0.2) is 41.1 Å². The van der Waals surface area contributed by atoms with E-state index in [2.05, 4.69) is 5.18 Å². The van der Waals surface area contributed by atoms with E-state index < -0.39 is 15.9 Å². The molecule has 0 radical (unpaired) electrons. The van der Waals surface area contributed by atoms with Gasteiger partial charge in [0.25, 0.3) is 5.91 Å². The monoisotopic (exact) mass is 434 g/mol. The van der Waals surface area contributed by atoms with E-state index in [1.807, 2.05) is 0 Å². The Morgan fingerprint density at radius 2 is 1.96 bits per heavy atom. The first kappa shape index (κ1) is 19.0. The SMILES string of the molecule is O=Nc1ccc(-c2ccc(/C=C3/SC(=S)N(C4CCS(=O)(=O)C4)C3=O)o2)cc1. The molecule has 1 aromatic carbocycles. The maximum atomic E-state index is 12.7. The number of carbonyl (C=O) groups is 1. The van der Waals surface area contributed by atoms with Crippen molar-refractivity contribution in [2.45, 2.75) is 12.5 Å². The van der Waals surface area contributed by atoms with Gasteiger partial charge in [-0.25, -0.2) is 8.42 Å². The predicted molar refractivity (Wildman–Crippen MR) is 112 cm³/mol. The van der Waals surface area contributed by atoms with Gasteiger partial charge in [-0.1, -0.05) is 24.0 Å². The highest BCUT2D eigenvalue weighted by atomic mass is 32.2. The van der Waals surface area contributed by atoms with Crippen LogP contribution < -0.4 is 0 Å². The van der Waals surface area contributed by atoms with E-state index in [0.717, 1.165) is 17.3 Å². The Bertz CT molecular complexity index is 1100. The molecule has 0 N–H and O–H groups in total. The number of nitroso groups, excluding NO2 is 1. The van der Waals surface area contributed by atoms with Crippen LogP contribution in [0.3, 0.4) is 0 Å². The van der Waals surface area contributed by atoms with Crippen molar-refractivity contribution >= 4 is 55.8 Å². The van der Waals surface area contributed by atoms with Gasteiger partial charge in [0.15, 0.2) is 9.84 Å². The summed E-state index contributed by atoms with van der Waals surface area (Å²) in [6.45, 7) is 0. The highest BCUT2D eigenvalue weighted by molar-refractivity contribution is 8.26. The third kappa shape index (κ3) is 3.67. The molecule has 7 nitrogen and oxygen atoms in total. The normalized spacial score (nSPS) is 22.9. The van der Waals surface area contributed by atoms with Crippen molar-refractivity contribution in [2.75, 3.05) is 11.5 Å². The Hall–Kier alpha value is -2.30. The smallest absolute Gasteiger partial charge is 0.266 e. The molecule has 4 rings (SSSR count). The summed E-state index contributed by atoms with van der Waals surface area (Å²) in [7, 11) is -3.12. The second-order valence-electron chi connectivity index (χ2n) is 6.45. The molecule has 1 atom stereocenters. The number of carbonyl (C=O) groups excluding carboxylic acids is 1. The lowest BCUT2D eigenvalue weighted by atomic mass is 10.1. The van der Waals surface area contributed by atoms with Gasteiger partial charge in [-0.2, -0.15) is 0 Å². The predicted octanol–water partition coefficient (Wildman–Crippen LogP) is 3.73. The average molecular weight is 435 g/mol. The van der Waals surface area contributed by atoms with Gasteiger partial charge in [0.05, 0.1) is 22.5 Å². The number of nitrogens with zero attached hydrogens (tertiary/aromatic N) is 2. The second kappa shape index (κ2) is 7.26. The number of furan rings is 1. The Kier molecular flexibility index (Phi) is 4.94. The highest BCUT2D eigenvalue weighted by Gasteiger charge is 2.42. The van der Waals surface area contributed by atoms with E-state index in [9.17, 15) is 18.1 Å². The number of benzene rings is 1. The standard InChI is InChI=1S/C18H14N2O5S3/c21-17-16(27-18(26)20(17)13-7-8-28(23,24)10-13)9-14-5-6-15(25-14)11-1-3-12(19-22)4-2-11/h1-6,9,13H,7-8,10H2/b16-9+. The number of rotatable bonds is 4. The van der Waals surface area contributed by atoms with Crippen LogP contribution in [0.5, 0.6) is 0 Å². The fourth-order valence-electron chi connectivity index (χ4n) is 3.17. The van der Waals surface area contributed by atoms with Gasteiger partial charge in [-0.15, -0.1) is 4.91 Å². The zero-order valence-corrected chi connectivity index (χ0v) is 16.9. The van der Waals surface area contributed by atoms with Crippen LogP contribution in [0.25, 0.3) is 17.4 Å². The van der Waals surface area contributed by atoms with Crippen LogP contribution in [0, 0.1) is 4.91 Å². The maximum Gasteiger partial charge on any atom is 0.266 e. The number of hydrogen-bond donors (Lipinski definition) is 0. The third-order valence-electron chi connectivity index (χ3n) is 4.55. The lowest BCUT2D eigenvalue weighted by Crippen LogP contribution is -2.39. The fraction of sp³-hybridized carbons (Fsp3) is 0.222. The molecule has 2 fully saturated rings. The van der Waals surface area contributed by atoms with E-state index >= 15 is 0 Å². The van der Waals surface area contributed by atoms with Crippen molar-refractivity contribution in [3.63, 3.8) is 0 Å². The minimum absolute atomic E-state index is 0.0523. The number of thiocarbonyl (C=S) groups is 1. The minimum Gasteiger partial charge on any atom is -0.457 e. The largest absolute Gasteiger partial charge is 0.457 e. The number of sulfone groups is 1. The van der Waals surface area contributed by atoms with Crippen LogP contribution in [0.2, 0.25) is 0 Å². The topological polar surface area (TPSA) is 97.0 Å². The van der Waals surface area contributed by atoms with Gasteiger partial charge in [-0.05, 0) is 48.0 Å². The Morgan fingerprint density at radius 3 is 2.61 bits per heavy atom. The molecule has 2 aromatic rings. The molecule has 2 saturated heterocycles. The summed E-state index contributed by atoms with van der Waals surface area (Å²) in [6.07, 6.45) is 2.01. The summed E-state index contributed by atoms with van der Waals surface area (Å²) in [5.41, 5.74) is 1.10. The van der Waals surface area contributed by atoms with Crippen LogP contribution in [0.1, 0.15) is 12.2 Å². The Labute approximate surface area is 170 Å². The molecule has 1 aromatic heterocycles. The van der Waals surface area contributed by atoms with Crippen molar-refractivity contribution in [3.05, 3.63) is 52.0 Å². The van der Waals surface area contributed by atoms with Crippen molar-refractivity contribution in [3.8, 4) is 11.3 Å². The molecule has 0 spiro atoms. The van der Waals surface area contributed by atoms with Crippen molar-refractivity contribution < 1.29 is 17.6 Å². The zero-order valence-electron chi connectivity index (χ0n) is 14.4. The van der Waals surface area contributed by atoms with Crippen molar-refractivity contribution in [1.29, 1.82) is 0 Å².